The third-order valence-corrected chi connectivity index (χ3v) is 4.07. The van der Waals surface area contributed by atoms with Crippen molar-refractivity contribution in [3.8, 4) is 0 Å². The van der Waals surface area contributed by atoms with Gasteiger partial charge < -0.3 is 20.8 Å². The average molecular weight is 355 g/mol. The first-order valence-corrected chi connectivity index (χ1v) is 7.87. The van der Waals surface area contributed by atoms with E-state index < -0.39 is 23.2 Å². The Labute approximate surface area is 150 Å². The van der Waals surface area contributed by atoms with Crippen molar-refractivity contribution in [1.29, 1.82) is 0 Å². The highest BCUT2D eigenvalue weighted by Crippen LogP contribution is 2.33. The van der Waals surface area contributed by atoms with Crippen molar-refractivity contribution in [2.75, 3.05) is 7.11 Å². The molecule has 2 rings (SSSR count). The van der Waals surface area contributed by atoms with Crippen LogP contribution < -0.4 is 11.1 Å². The third kappa shape index (κ3) is 3.66. The minimum absolute atomic E-state index is 0.192. The van der Waals surface area contributed by atoms with E-state index in [1.54, 1.807) is 6.08 Å². The molecule has 0 aliphatic rings. The smallest absolute Gasteiger partial charge is 0.354 e. The number of rotatable bonds is 5. The zero-order valence-corrected chi connectivity index (χ0v) is 14.9. The molecule has 1 heterocycles. The molecule has 4 N–H and O–H groups in total. The van der Waals surface area contributed by atoms with Crippen LogP contribution >= 0.6 is 0 Å². The summed E-state index contributed by atoms with van der Waals surface area (Å²) in [6.07, 6.45) is 3.24. The summed E-state index contributed by atoms with van der Waals surface area (Å²) in [4.78, 5) is 38.1. The van der Waals surface area contributed by atoms with Crippen LogP contribution in [-0.4, -0.2) is 29.9 Å². The lowest BCUT2D eigenvalue weighted by Crippen LogP contribution is -2.37. The minimum atomic E-state index is -1.20. The summed E-state index contributed by atoms with van der Waals surface area (Å²) in [6.45, 7) is 7.78. The Morgan fingerprint density at radius 3 is 2.50 bits per heavy atom. The lowest BCUT2D eigenvalue weighted by molar-refractivity contribution is -0.140. The standard InChI is InChI=1S/C19H21N3O4/c1-5-19(2,3)15-12(11-8-6-7-9-13(11)21-15)10-14(18(25)26-4)22-17(24)16(20)23/h5-10,21H,1H2,2-4H3,(H2,20,23)(H,22,24). The van der Waals surface area contributed by atoms with Crippen LogP contribution in [0.4, 0.5) is 0 Å². The van der Waals surface area contributed by atoms with Gasteiger partial charge in [0.1, 0.15) is 5.70 Å². The summed E-state index contributed by atoms with van der Waals surface area (Å²) in [7, 11) is 1.18. The molecule has 0 saturated carbocycles. The van der Waals surface area contributed by atoms with Crippen molar-refractivity contribution < 1.29 is 19.1 Å². The van der Waals surface area contributed by atoms with Crippen molar-refractivity contribution in [2.45, 2.75) is 19.3 Å². The molecule has 7 nitrogen and oxygen atoms in total. The molecule has 0 bridgehead atoms. The van der Waals surface area contributed by atoms with E-state index in [1.807, 2.05) is 38.1 Å². The van der Waals surface area contributed by atoms with Gasteiger partial charge in [-0.25, -0.2) is 4.79 Å². The Hall–Kier alpha value is -3.35. The molecular formula is C19H21N3O4. The number of primary amides is 1. The first kappa shape index (κ1) is 19.0. The summed E-state index contributed by atoms with van der Waals surface area (Å²) in [5, 5.41) is 3.04. The number of hydrogen-bond donors (Lipinski definition) is 3. The number of fused-ring (bicyclic) bond motifs is 1. The molecule has 1 aromatic carbocycles. The molecule has 1 aromatic heterocycles. The van der Waals surface area contributed by atoms with Crippen LogP contribution in [0.3, 0.4) is 0 Å². The molecule has 26 heavy (non-hydrogen) atoms. The van der Waals surface area contributed by atoms with E-state index in [1.165, 1.54) is 13.2 Å². The second-order valence-corrected chi connectivity index (χ2v) is 6.25. The molecule has 0 atom stereocenters. The SMILES string of the molecule is C=CC(C)(C)c1[nH]c2ccccc2c1C=C(NC(=O)C(N)=O)C(=O)OC. The third-order valence-electron chi connectivity index (χ3n) is 4.07. The predicted octanol–water partition coefficient (Wildman–Crippen LogP) is 1.75. The fraction of sp³-hybridized carbons (Fsp3) is 0.211. The van der Waals surface area contributed by atoms with Gasteiger partial charge in [-0.2, -0.15) is 0 Å². The molecule has 0 spiro atoms. The maximum absolute atomic E-state index is 12.1. The van der Waals surface area contributed by atoms with E-state index in [-0.39, 0.29) is 5.70 Å². The molecule has 0 fully saturated rings. The minimum Gasteiger partial charge on any atom is -0.464 e. The molecule has 7 heteroatoms. The van der Waals surface area contributed by atoms with Crippen LogP contribution in [0.1, 0.15) is 25.1 Å². The fourth-order valence-electron chi connectivity index (χ4n) is 2.51. The predicted molar refractivity (Wildman–Crippen MR) is 98.9 cm³/mol. The van der Waals surface area contributed by atoms with Gasteiger partial charge in [0.05, 0.1) is 7.11 Å². The van der Waals surface area contributed by atoms with Gasteiger partial charge in [0.25, 0.3) is 0 Å². The molecule has 2 aromatic rings. The molecule has 0 saturated heterocycles. The Balaban J connectivity index is 2.71. The number of amides is 2. The van der Waals surface area contributed by atoms with Gasteiger partial charge >= 0.3 is 17.8 Å². The zero-order chi connectivity index (χ0) is 19.5. The summed E-state index contributed by atoms with van der Waals surface area (Å²) < 4.78 is 4.70. The lowest BCUT2D eigenvalue weighted by Gasteiger charge is -2.20. The highest BCUT2D eigenvalue weighted by atomic mass is 16.5. The van der Waals surface area contributed by atoms with Crippen molar-refractivity contribution in [3.05, 3.63) is 53.9 Å². The molecule has 136 valence electrons. The highest BCUT2D eigenvalue weighted by molar-refractivity contribution is 6.35. The van der Waals surface area contributed by atoms with Crippen LogP contribution in [0, 0.1) is 0 Å². The highest BCUT2D eigenvalue weighted by Gasteiger charge is 2.25. The summed E-state index contributed by atoms with van der Waals surface area (Å²) in [6, 6.07) is 7.52. The molecular weight excluding hydrogens is 334 g/mol. The van der Waals surface area contributed by atoms with E-state index in [9.17, 15) is 14.4 Å². The number of benzene rings is 1. The van der Waals surface area contributed by atoms with Crippen molar-refractivity contribution in [2.24, 2.45) is 5.73 Å². The molecule has 0 aliphatic heterocycles. The first-order chi connectivity index (χ1) is 12.2. The Bertz CT molecular complexity index is 922. The number of carbonyl (C=O) groups is 3. The van der Waals surface area contributed by atoms with E-state index >= 15 is 0 Å². The Morgan fingerprint density at radius 1 is 1.27 bits per heavy atom. The number of ether oxygens (including phenoxy) is 1. The van der Waals surface area contributed by atoms with Gasteiger partial charge in [0.15, 0.2) is 0 Å². The number of aromatic nitrogens is 1. The topological polar surface area (TPSA) is 114 Å². The Kier molecular flexibility index (Phi) is 5.30. The van der Waals surface area contributed by atoms with Gasteiger partial charge in [-0.05, 0) is 12.1 Å². The van der Waals surface area contributed by atoms with Crippen LogP contribution in [0.15, 0.2) is 42.6 Å². The molecule has 0 unspecified atom stereocenters. The van der Waals surface area contributed by atoms with Gasteiger partial charge in [0, 0.05) is 27.6 Å². The molecule has 2 amide bonds. The van der Waals surface area contributed by atoms with Crippen molar-refractivity contribution >= 4 is 34.8 Å². The van der Waals surface area contributed by atoms with Crippen LogP contribution in [-0.2, 0) is 24.5 Å². The normalized spacial score (nSPS) is 11.9. The van der Waals surface area contributed by atoms with Crippen LogP contribution in [0.2, 0.25) is 0 Å². The van der Waals surface area contributed by atoms with E-state index in [4.69, 9.17) is 10.5 Å². The summed E-state index contributed by atoms with van der Waals surface area (Å²) in [5.74, 6) is -3.11. The number of methoxy groups -OCH3 is 1. The number of nitrogens with two attached hydrogens (primary N) is 1. The quantitative estimate of drug-likeness (QED) is 0.328. The second kappa shape index (κ2) is 7.26. The second-order valence-electron chi connectivity index (χ2n) is 6.25. The maximum Gasteiger partial charge on any atom is 0.354 e. The number of carbonyl (C=O) groups excluding carboxylic acids is 3. The van der Waals surface area contributed by atoms with Crippen molar-refractivity contribution in [3.63, 3.8) is 0 Å². The summed E-state index contributed by atoms with van der Waals surface area (Å²) in [5.41, 5.74) is 6.65. The largest absolute Gasteiger partial charge is 0.464 e. The van der Waals surface area contributed by atoms with E-state index in [0.29, 0.717) is 5.56 Å². The van der Waals surface area contributed by atoms with E-state index in [2.05, 4.69) is 16.9 Å². The lowest BCUT2D eigenvalue weighted by atomic mass is 9.86. The van der Waals surface area contributed by atoms with Gasteiger partial charge in [-0.15, -0.1) is 6.58 Å². The average Bonchev–Trinajstić information content (AvgIpc) is 2.99. The maximum atomic E-state index is 12.1. The number of aromatic amines is 1. The van der Waals surface area contributed by atoms with Gasteiger partial charge in [-0.3, -0.25) is 9.59 Å². The van der Waals surface area contributed by atoms with Gasteiger partial charge in [0.2, 0.25) is 0 Å². The number of H-pyrrole nitrogens is 1. The first-order valence-electron chi connectivity index (χ1n) is 7.87. The number of allylic oxidation sites excluding steroid dienone is 1. The fourth-order valence-corrected chi connectivity index (χ4v) is 2.51. The number of hydrogen-bond acceptors (Lipinski definition) is 4. The van der Waals surface area contributed by atoms with E-state index in [0.717, 1.165) is 16.6 Å². The monoisotopic (exact) mass is 355 g/mol. The number of nitrogens with one attached hydrogen (secondary N) is 2. The number of esters is 1. The Morgan fingerprint density at radius 2 is 1.92 bits per heavy atom. The number of para-hydroxylation sites is 1. The van der Waals surface area contributed by atoms with Crippen molar-refractivity contribution in [1.82, 2.24) is 10.3 Å². The van der Waals surface area contributed by atoms with Gasteiger partial charge in [-0.1, -0.05) is 38.1 Å². The zero-order valence-electron chi connectivity index (χ0n) is 14.9. The molecule has 0 radical (unpaired) electrons. The van der Waals surface area contributed by atoms with Crippen LogP contribution in [0.25, 0.3) is 17.0 Å². The summed E-state index contributed by atoms with van der Waals surface area (Å²) >= 11 is 0. The van der Waals surface area contributed by atoms with Crippen LogP contribution in [0.5, 0.6) is 0 Å². The molecule has 0 aliphatic carbocycles.